The maximum absolute atomic E-state index is 12.0. The van der Waals surface area contributed by atoms with Crippen molar-refractivity contribution in [1.82, 2.24) is 10.6 Å². The minimum Gasteiger partial charge on any atom is -0.333 e. The predicted molar refractivity (Wildman–Crippen MR) is 72.5 cm³/mol. The van der Waals surface area contributed by atoms with Gasteiger partial charge in [0.1, 0.15) is 0 Å². The van der Waals surface area contributed by atoms with Gasteiger partial charge in [-0.15, -0.1) is 0 Å². The van der Waals surface area contributed by atoms with Crippen LogP contribution in [0.5, 0.6) is 0 Å². The number of ketones is 1. The first kappa shape index (κ1) is 15.0. The summed E-state index contributed by atoms with van der Waals surface area (Å²) in [5.74, 6) is -0.00535. The topological polar surface area (TPSA) is 58.2 Å². The molecule has 1 atom stereocenters. The zero-order chi connectivity index (χ0) is 14.0. The van der Waals surface area contributed by atoms with E-state index in [0.717, 1.165) is 25.7 Å². The monoisotopic (exact) mass is 254 g/mol. The minimum atomic E-state index is -0.442. The number of Topliss-reactive ketones (excluding diaryl/α,β-unsaturated/α-hetero) is 1. The molecule has 0 aliphatic heterocycles. The van der Waals surface area contributed by atoms with Gasteiger partial charge in [-0.2, -0.15) is 0 Å². The number of carbonyl (C=O) groups is 2. The third-order valence-electron chi connectivity index (χ3n) is 3.67. The summed E-state index contributed by atoms with van der Waals surface area (Å²) < 4.78 is 0. The van der Waals surface area contributed by atoms with Crippen LogP contribution in [0.15, 0.2) is 0 Å². The molecular weight excluding hydrogens is 228 g/mol. The van der Waals surface area contributed by atoms with Crippen LogP contribution < -0.4 is 10.6 Å². The van der Waals surface area contributed by atoms with Crippen molar-refractivity contribution in [1.29, 1.82) is 0 Å². The molecule has 2 N–H and O–H groups in total. The molecule has 18 heavy (non-hydrogen) atoms. The van der Waals surface area contributed by atoms with Gasteiger partial charge in [-0.3, -0.25) is 4.79 Å². The highest BCUT2D eigenvalue weighted by Gasteiger charge is 2.34. The van der Waals surface area contributed by atoms with Crippen molar-refractivity contribution in [2.24, 2.45) is 5.41 Å². The van der Waals surface area contributed by atoms with E-state index < -0.39 is 6.04 Å². The minimum absolute atomic E-state index is 0.00535. The Morgan fingerprint density at radius 2 is 1.67 bits per heavy atom. The van der Waals surface area contributed by atoms with Gasteiger partial charge >= 0.3 is 6.03 Å². The van der Waals surface area contributed by atoms with Crippen LogP contribution in [0.3, 0.4) is 0 Å². The molecule has 4 heteroatoms. The summed E-state index contributed by atoms with van der Waals surface area (Å²) in [5.41, 5.74) is -0.372. The van der Waals surface area contributed by atoms with E-state index in [2.05, 4.69) is 17.6 Å². The quantitative estimate of drug-likeness (QED) is 0.813. The van der Waals surface area contributed by atoms with Gasteiger partial charge in [-0.25, -0.2) is 4.79 Å². The first-order chi connectivity index (χ1) is 8.14. The van der Waals surface area contributed by atoms with E-state index in [1.54, 1.807) is 0 Å². The maximum atomic E-state index is 12.0. The summed E-state index contributed by atoms with van der Waals surface area (Å²) in [5, 5.41) is 5.82. The van der Waals surface area contributed by atoms with Crippen LogP contribution in [0, 0.1) is 5.41 Å². The van der Waals surface area contributed by atoms with Crippen molar-refractivity contribution in [3.63, 3.8) is 0 Å². The largest absolute Gasteiger partial charge is 0.333 e. The Balaban J connectivity index is 2.60. The van der Waals surface area contributed by atoms with Crippen molar-refractivity contribution < 1.29 is 9.59 Å². The molecule has 0 aromatic rings. The van der Waals surface area contributed by atoms with E-state index in [9.17, 15) is 9.59 Å². The highest BCUT2D eigenvalue weighted by molar-refractivity contribution is 5.87. The average molecular weight is 254 g/mol. The second-order valence-corrected chi connectivity index (χ2v) is 6.78. The SMILES string of the molecule is CC(=O)[C@@H](NC(=O)NC1(C)CCCC1)C(C)(C)C. The normalized spacial score (nSPS) is 20.3. The molecule has 0 spiro atoms. The van der Waals surface area contributed by atoms with Crippen molar-refractivity contribution in [3.8, 4) is 0 Å². The van der Waals surface area contributed by atoms with Crippen molar-refractivity contribution in [2.75, 3.05) is 0 Å². The van der Waals surface area contributed by atoms with E-state index in [-0.39, 0.29) is 22.8 Å². The van der Waals surface area contributed by atoms with Crippen LogP contribution in [0.4, 0.5) is 4.79 Å². The van der Waals surface area contributed by atoms with Crippen molar-refractivity contribution >= 4 is 11.8 Å². The summed E-state index contributed by atoms with van der Waals surface area (Å²) >= 11 is 0. The molecule has 0 aromatic heterocycles. The van der Waals surface area contributed by atoms with Crippen molar-refractivity contribution in [3.05, 3.63) is 0 Å². The van der Waals surface area contributed by atoms with E-state index in [1.165, 1.54) is 6.92 Å². The second kappa shape index (κ2) is 5.29. The molecule has 1 aliphatic carbocycles. The van der Waals surface area contributed by atoms with Crippen LogP contribution in [0.1, 0.15) is 60.3 Å². The smallest absolute Gasteiger partial charge is 0.315 e. The summed E-state index contributed by atoms with van der Waals surface area (Å²) in [7, 11) is 0. The van der Waals surface area contributed by atoms with Gasteiger partial charge in [0.2, 0.25) is 0 Å². The fraction of sp³-hybridized carbons (Fsp3) is 0.857. The van der Waals surface area contributed by atoms with Crippen LogP contribution in [-0.2, 0) is 4.79 Å². The van der Waals surface area contributed by atoms with Crippen LogP contribution in [0.2, 0.25) is 0 Å². The van der Waals surface area contributed by atoms with Gasteiger partial charge in [0, 0.05) is 5.54 Å². The number of hydrogen-bond donors (Lipinski definition) is 2. The Labute approximate surface area is 110 Å². The fourth-order valence-corrected chi connectivity index (χ4v) is 2.65. The van der Waals surface area contributed by atoms with E-state index in [0.29, 0.717) is 0 Å². The van der Waals surface area contributed by atoms with Gasteiger partial charge in [-0.1, -0.05) is 33.6 Å². The van der Waals surface area contributed by atoms with Gasteiger partial charge in [0.25, 0.3) is 0 Å². The summed E-state index contributed by atoms with van der Waals surface area (Å²) in [4.78, 5) is 23.6. The Morgan fingerprint density at radius 3 is 2.06 bits per heavy atom. The number of nitrogens with one attached hydrogen (secondary N) is 2. The van der Waals surface area contributed by atoms with E-state index >= 15 is 0 Å². The zero-order valence-corrected chi connectivity index (χ0v) is 12.2. The fourth-order valence-electron chi connectivity index (χ4n) is 2.65. The zero-order valence-electron chi connectivity index (χ0n) is 12.2. The number of hydrogen-bond acceptors (Lipinski definition) is 2. The lowest BCUT2D eigenvalue weighted by molar-refractivity contribution is -0.121. The Morgan fingerprint density at radius 1 is 1.17 bits per heavy atom. The first-order valence-electron chi connectivity index (χ1n) is 6.73. The van der Waals surface area contributed by atoms with Crippen LogP contribution >= 0.6 is 0 Å². The molecular formula is C14H26N2O2. The average Bonchev–Trinajstić information content (AvgIpc) is 2.59. The Bertz CT molecular complexity index is 325. The van der Waals surface area contributed by atoms with E-state index in [1.807, 2.05) is 20.8 Å². The molecule has 0 aromatic carbocycles. The van der Waals surface area contributed by atoms with Crippen molar-refractivity contribution in [2.45, 2.75) is 71.9 Å². The third kappa shape index (κ3) is 4.00. The molecule has 1 fully saturated rings. The molecule has 4 nitrogen and oxygen atoms in total. The molecule has 0 saturated heterocycles. The van der Waals surface area contributed by atoms with Crippen LogP contribution in [0.25, 0.3) is 0 Å². The number of amides is 2. The van der Waals surface area contributed by atoms with Gasteiger partial charge < -0.3 is 10.6 Å². The predicted octanol–water partition coefficient (Wildman–Crippen LogP) is 2.62. The lowest BCUT2D eigenvalue weighted by Gasteiger charge is -2.32. The number of rotatable bonds is 3. The molecule has 0 unspecified atom stereocenters. The summed E-state index contributed by atoms with van der Waals surface area (Å²) in [6, 6.07) is -0.669. The highest BCUT2D eigenvalue weighted by Crippen LogP contribution is 2.29. The lowest BCUT2D eigenvalue weighted by Crippen LogP contribution is -2.55. The molecule has 0 bridgehead atoms. The number of urea groups is 1. The highest BCUT2D eigenvalue weighted by atomic mass is 16.2. The lowest BCUT2D eigenvalue weighted by atomic mass is 9.84. The van der Waals surface area contributed by atoms with Gasteiger partial charge in [0.05, 0.1) is 6.04 Å². The third-order valence-corrected chi connectivity index (χ3v) is 3.67. The summed E-state index contributed by atoms with van der Waals surface area (Å²) in [6.07, 6.45) is 4.35. The van der Waals surface area contributed by atoms with Gasteiger partial charge in [-0.05, 0) is 32.1 Å². The molecule has 1 saturated carbocycles. The molecule has 104 valence electrons. The molecule has 1 rings (SSSR count). The Kier molecular flexibility index (Phi) is 4.41. The molecule has 2 amide bonds. The maximum Gasteiger partial charge on any atom is 0.315 e. The summed E-state index contributed by atoms with van der Waals surface area (Å²) in [6.45, 7) is 9.46. The molecule has 0 radical (unpaired) electrons. The molecule has 0 heterocycles. The van der Waals surface area contributed by atoms with E-state index in [4.69, 9.17) is 0 Å². The van der Waals surface area contributed by atoms with Gasteiger partial charge in [0.15, 0.2) is 5.78 Å². The molecule has 1 aliphatic rings. The Hall–Kier alpha value is -1.06. The second-order valence-electron chi connectivity index (χ2n) is 6.78. The number of carbonyl (C=O) groups excluding carboxylic acids is 2. The first-order valence-corrected chi connectivity index (χ1v) is 6.73. The standard InChI is InChI=1S/C14H26N2O2/c1-10(17)11(13(2,3)4)15-12(18)16-14(5)8-6-7-9-14/h11H,6-9H2,1-5H3,(H2,15,16,18)/t11-/m1/s1. The van der Waals surface area contributed by atoms with Crippen LogP contribution in [-0.4, -0.2) is 23.4 Å².